The molecule has 2 aromatic heterocycles. The van der Waals surface area contributed by atoms with E-state index >= 15 is 4.39 Å². The van der Waals surface area contributed by atoms with Crippen LogP contribution in [0.25, 0.3) is 11.2 Å². The number of Topliss-reactive ketones (excluding diaryl/α,β-unsaturated/α-hetero) is 1. The lowest BCUT2D eigenvalue weighted by atomic mass is 10.0. The number of amides is 2. The Kier molecular flexibility index (Phi) is 9.02. The Balaban J connectivity index is 2.02. The summed E-state index contributed by atoms with van der Waals surface area (Å²) < 4.78 is 38.8. The summed E-state index contributed by atoms with van der Waals surface area (Å²) in [6, 6.07) is 1.74. The highest BCUT2D eigenvalue weighted by Gasteiger charge is 2.45. The van der Waals surface area contributed by atoms with Crippen molar-refractivity contribution in [2.24, 2.45) is 5.92 Å². The fourth-order valence-electron chi connectivity index (χ4n) is 3.77. The maximum atomic E-state index is 15.5. The van der Waals surface area contributed by atoms with Crippen molar-refractivity contribution in [3.8, 4) is 6.07 Å². The van der Waals surface area contributed by atoms with Crippen molar-refractivity contribution in [3.63, 3.8) is 0 Å². The number of ketones is 1. The number of hydrogen-bond acceptors (Lipinski definition) is 11. The van der Waals surface area contributed by atoms with Crippen LogP contribution in [-0.4, -0.2) is 73.7 Å². The lowest BCUT2D eigenvalue weighted by Gasteiger charge is -2.28. The van der Waals surface area contributed by atoms with Gasteiger partial charge in [0.05, 0.1) is 19.0 Å². The summed E-state index contributed by atoms with van der Waals surface area (Å²) in [5.41, 5.74) is -2.07. The van der Waals surface area contributed by atoms with Crippen LogP contribution in [0.5, 0.6) is 0 Å². The number of fused-ring (bicyclic) bond motifs is 1. The molecule has 1 fully saturated rings. The molecular formula is C25H32ClFN6O7. The zero-order valence-electron chi connectivity index (χ0n) is 23.5. The molecule has 1 aliphatic rings. The number of hydrogen-bond donors (Lipinski definition) is 0. The molecule has 1 aliphatic heterocycles. The Morgan fingerprint density at radius 1 is 1.18 bits per heavy atom. The Morgan fingerprint density at radius 2 is 1.75 bits per heavy atom. The van der Waals surface area contributed by atoms with Gasteiger partial charge in [-0.3, -0.25) is 9.36 Å². The van der Waals surface area contributed by atoms with Gasteiger partial charge in [0.1, 0.15) is 17.3 Å². The second kappa shape index (κ2) is 11.6. The molecule has 15 heteroatoms. The van der Waals surface area contributed by atoms with Crippen LogP contribution in [0.2, 0.25) is 5.28 Å². The number of imidazole rings is 1. The number of rotatable bonds is 6. The molecule has 3 heterocycles. The predicted octanol–water partition coefficient (Wildman–Crippen LogP) is 4.53. The van der Waals surface area contributed by atoms with Gasteiger partial charge in [-0.1, -0.05) is 6.92 Å². The van der Waals surface area contributed by atoms with Crippen LogP contribution in [-0.2, 0) is 23.7 Å². The van der Waals surface area contributed by atoms with E-state index in [1.54, 1.807) is 54.5 Å². The van der Waals surface area contributed by atoms with Crippen LogP contribution in [0.1, 0.15) is 61.6 Å². The van der Waals surface area contributed by atoms with Gasteiger partial charge in [-0.25, -0.2) is 19.0 Å². The second-order valence-electron chi connectivity index (χ2n) is 11.3. The molecule has 2 aromatic rings. The first-order valence-corrected chi connectivity index (χ1v) is 12.8. The Hall–Kier alpha value is -3.41. The van der Waals surface area contributed by atoms with E-state index < -0.39 is 59.7 Å². The van der Waals surface area contributed by atoms with Crippen LogP contribution in [0.15, 0.2) is 6.33 Å². The third kappa shape index (κ3) is 7.01. The number of halogens is 2. The lowest BCUT2D eigenvalue weighted by Crippen LogP contribution is -2.44. The first-order valence-electron chi connectivity index (χ1n) is 12.4. The van der Waals surface area contributed by atoms with E-state index in [4.69, 9.17) is 35.8 Å². The predicted molar refractivity (Wildman–Crippen MR) is 139 cm³/mol. The van der Waals surface area contributed by atoms with E-state index in [2.05, 4.69) is 15.0 Å². The summed E-state index contributed by atoms with van der Waals surface area (Å²) in [6.07, 6.45) is -5.96. The molecule has 218 valence electrons. The third-order valence-electron chi connectivity index (χ3n) is 5.60. The zero-order valence-corrected chi connectivity index (χ0v) is 24.2. The maximum Gasteiger partial charge on any atom is 0.425 e. The van der Waals surface area contributed by atoms with E-state index in [-0.39, 0.29) is 28.9 Å². The molecule has 1 unspecified atom stereocenters. The van der Waals surface area contributed by atoms with Gasteiger partial charge < -0.3 is 18.9 Å². The van der Waals surface area contributed by atoms with Gasteiger partial charge >= 0.3 is 12.2 Å². The fourth-order valence-corrected chi connectivity index (χ4v) is 3.93. The van der Waals surface area contributed by atoms with Crippen LogP contribution < -0.4 is 4.90 Å². The fraction of sp³-hybridized carbons (Fsp3) is 0.640. The van der Waals surface area contributed by atoms with E-state index in [1.165, 1.54) is 17.8 Å². The maximum absolute atomic E-state index is 15.5. The molecular weight excluding hydrogens is 551 g/mol. The molecule has 13 nitrogen and oxygen atoms in total. The van der Waals surface area contributed by atoms with E-state index in [0.717, 1.165) is 0 Å². The molecule has 0 saturated carbocycles. The van der Waals surface area contributed by atoms with Crippen molar-refractivity contribution >= 4 is 46.6 Å². The second-order valence-corrected chi connectivity index (χ2v) is 11.6. The summed E-state index contributed by atoms with van der Waals surface area (Å²) in [5, 5.41) is 8.71. The first kappa shape index (κ1) is 31.1. The third-order valence-corrected chi connectivity index (χ3v) is 5.77. The van der Waals surface area contributed by atoms with Crippen molar-refractivity contribution in [3.05, 3.63) is 11.6 Å². The number of nitrogens with zero attached hydrogens (tertiary/aromatic N) is 6. The van der Waals surface area contributed by atoms with Crippen molar-refractivity contribution in [1.29, 1.82) is 5.26 Å². The van der Waals surface area contributed by atoms with Crippen molar-refractivity contribution in [2.75, 3.05) is 11.5 Å². The molecule has 0 aromatic carbocycles. The summed E-state index contributed by atoms with van der Waals surface area (Å²) in [7, 11) is 0. The highest BCUT2D eigenvalue weighted by molar-refractivity contribution is 6.29. The van der Waals surface area contributed by atoms with Gasteiger partial charge in [-0.15, -0.1) is 0 Å². The largest absolute Gasteiger partial charge is 0.443 e. The molecule has 0 aliphatic carbocycles. The number of carbonyl (C=O) groups excluding carboxylic acids is 3. The summed E-state index contributed by atoms with van der Waals surface area (Å²) in [4.78, 5) is 50.8. The van der Waals surface area contributed by atoms with Crippen LogP contribution in [0, 0.1) is 17.2 Å². The molecule has 5 atom stereocenters. The number of ether oxygens (including phenoxy) is 4. The van der Waals surface area contributed by atoms with Gasteiger partial charge in [0.2, 0.25) is 11.4 Å². The molecule has 0 radical (unpaired) electrons. The Bertz CT molecular complexity index is 1300. The molecule has 0 spiro atoms. The molecule has 2 amide bonds. The van der Waals surface area contributed by atoms with Gasteiger partial charge in [-0.2, -0.15) is 20.1 Å². The van der Waals surface area contributed by atoms with Crippen LogP contribution >= 0.6 is 11.6 Å². The lowest BCUT2D eigenvalue weighted by molar-refractivity contribution is -0.128. The van der Waals surface area contributed by atoms with Gasteiger partial charge in [0.15, 0.2) is 35.2 Å². The molecule has 0 N–H and O–H groups in total. The van der Waals surface area contributed by atoms with Crippen molar-refractivity contribution < 1.29 is 37.7 Å². The number of aromatic nitrogens is 4. The highest BCUT2D eigenvalue weighted by Crippen LogP contribution is 2.39. The quantitative estimate of drug-likeness (QED) is 0.440. The number of carbonyl (C=O) groups is 3. The topological polar surface area (TPSA) is 159 Å². The molecule has 0 bridgehead atoms. The SMILES string of the molecule is CC(=O)C(C#N)OC[C@H]1O[C@@H](n2cnc3c(N(C(=O)OC(C)(C)C)C(=O)OC(C)(C)C)nc(Cl)nc32)[C@@H](F)[C@@H]1C. The highest BCUT2D eigenvalue weighted by atomic mass is 35.5. The number of imide groups is 1. The average Bonchev–Trinajstić information content (AvgIpc) is 3.32. The number of alkyl halides is 1. The molecule has 3 rings (SSSR count). The number of nitriles is 1. The smallest absolute Gasteiger partial charge is 0.425 e. The summed E-state index contributed by atoms with van der Waals surface area (Å²) >= 11 is 6.19. The van der Waals surface area contributed by atoms with E-state index in [1.807, 2.05) is 0 Å². The Labute approximate surface area is 235 Å². The summed E-state index contributed by atoms with van der Waals surface area (Å²) in [5.74, 6) is -1.53. The number of anilines is 1. The van der Waals surface area contributed by atoms with Gasteiger partial charge in [0.25, 0.3) is 0 Å². The monoisotopic (exact) mass is 582 g/mol. The normalized spacial score (nSPS) is 22.0. The Morgan fingerprint density at radius 3 is 2.25 bits per heavy atom. The van der Waals surface area contributed by atoms with Crippen molar-refractivity contribution in [1.82, 2.24) is 19.5 Å². The van der Waals surface area contributed by atoms with E-state index in [9.17, 15) is 14.4 Å². The average molecular weight is 583 g/mol. The zero-order chi connectivity index (χ0) is 30.2. The van der Waals surface area contributed by atoms with Gasteiger partial charge in [0, 0.05) is 5.92 Å². The van der Waals surface area contributed by atoms with E-state index in [0.29, 0.717) is 4.90 Å². The van der Waals surface area contributed by atoms with Crippen LogP contribution in [0.4, 0.5) is 19.8 Å². The summed E-state index contributed by atoms with van der Waals surface area (Å²) in [6.45, 7) is 12.3. The minimum Gasteiger partial charge on any atom is -0.443 e. The molecule has 40 heavy (non-hydrogen) atoms. The van der Waals surface area contributed by atoms with Crippen LogP contribution in [0.3, 0.4) is 0 Å². The minimum atomic E-state index is -1.59. The first-order chi connectivity index (χ1) is 18.4. The van der Waals surface area contributed by atoms with Crippen molar-refractivity contribution in [2.45, 2.75) is 91.2 Å². The van der Waals surface area contributed by atoms with Gasteiger partial charge in [-0.05, 0) is 60.1 Å². The standard InChI is InChI=1S/C25H32ClFN6O7/c1-12-15(10-37-14(9-28)13(2)34)38-20(16(12)27)32-11-29-17-18(32)30-21(26)31-19(17)33(22(35)39-24(3,4)5)23(36)40-25(6,7)8/h11-12,14-16,20H,10H2,1-8H3/t12-,14?,15-,16+,20-/m1/s1. The molecule has 1 saturated heterocycles. The minimum absolute atomic E-state index is 0.0350.